The van der Waals surface area contributed by atoms with Gasteiger partial charge in [-0.2, -0.15) is 10.5 Å². The lowest BCUT2D eigenvalue weighted by molar-refractivity contribution is 1.12. The molecule has 5 nitrogen and oxygen atoms in total. The Labute approximate surface area is 85.2 Å². The molecule has 15 heavy (non-hydrogen) atoms. The molecule has 72 valence electrons. The SMILES string of the molecule is N#CC#N.O=c1ncc2ccccc2[nH]1. The van der Waals surface area contributed by atoms with Gasteiger partial charge < -0.3 is 4.98 Å². The molecule has 0 aliphatic carbocycles. The number of hydrogen-bond donors (Lipinski definition) is 1. The fourth-order valence-corrected chi connectivity index (χ4v) is 0.999. The number of hydrogen-bond acceptors (Lipinski definition) is 4. The van der Waals surface area contributed by atoms with Crippen LogP contribution in [0.25, 0.3) is 10.9 Å². The zero-order valence-corrected chi connectivity index (χ0v) is 7.64. The van der Waals surface area contributed by atoms with E-state index in [1.165, 1.54) is 12.1 Å². The molecule has 0 atom stereocenters. The highest BCUT2D eigenvalue weighted by Gasteiger charge is 1.90. The summed E-state index contributed by atoms with van der Waals surface area (Å²) in [5.41, 5.74) is 0.524. The Kier molecular flexibility index (Phi) is 3.58. The number of aromatic amines is 1. The van der Waals surface area contributed by atoms with Crippen LogP contribution < -0.4 is 5.69 Å². The maximum Gasteiger partial charge on any atom is 0.345 e. The van der Waals surface area contributed by atoms with E-state index in [1.54, 1.807) is 6.20 Å². The quantitative estimate of drug-likeness (QED) is 0.682. The predicted octanol–water partition coefficient (Wildman–Crippen LogP) is 0.957. The Morgan fingerprint density at radius 2 is 1.87 bits per heavy atom. The molecule has 2 rings (SSSR count). The van der Waals surface area contributed by atoms with Crippen molar-refractivity contribution < 1.29 is 0 Å². The summed E-state index contributed by atoms with van der Waals surface area (Å²) in [4.78, 5) is 16.9. The Bertz CT molecular complexity index is 576. The van der Waals surface area contributed by atoms with Crippen molar-refractivity contribution in [2.24, 2.45) is 0 Å². The van der Waals surface area contributed by atoms with Crippen molar-refractivity contribution in [2.45, 2.75) is 0 Å². The van der Waals surface area contributed by atoms with E-state index in [0.717, 1.165) is 10.9 Å². The zero-order chi connectivity index (χ0) is 11.1. The summed E-state index contributed by atoms with van der Waals surface area (Å²) in [6.45, 7) is 0. The van der Waals surface area contributed by atoms with Gasteiger partial charge in [-0.25, -0.2) is 9.78 Å². The van der Waals surface area contributed by atoms with Crippen LogP contribution in [0.4, 0.5) is 0 Å². The Morgan fingerprint density at radius 1 is 1.20 bits per heavy atom. The summed E-state index contributed by atoms with van der Waals surface area (Å²) in [7, 11) is 0. The number of nitriles is 2. The maximum absolute atomic E-state index is 10.7. The molecule has 2 aromatic rings. The van der Waals surface area contributed by atoms with Crippen molar-refractivity contribution >= 4 is 10.9 Å². The molecule has 0 aliphatic rings. The normalized spacial score (nSPS) is 8.13. The van der Waals surface area contributed by atoms with Crippen LogP contribution in [-0.4, -0.2) is 9.97 Å². The van der Waals surface area contributed by atoms with Gasteiger partial charge in [0.25, 0.3) is 0 Å². The van der Waals surface area contributed by atoms with E-state index in [-0.39, 0.29) is 5.69 Å². The molecule has 0 fully saturated rings. The van der Waals surface area contributed by atoms with Crippen LogP contribution in [0.5, 0.6) is 0 Å². The van der Waals surface area contributed by atoms with Gasteiger partial charge >= 0.3 is 5.69 Å². The fourth-order valence-electron chi connectivity index (χ4n) is 0.999. The summed E-state index contributed by atoms with van der Waals surface area (Å²) >= 11 is 0. The second-order valence-corrected chi connectivity index (χ2v) is 2.50. The van der Waals surface area contributed by atoms with Gasteiger partial charge in [-0.1, -0.05) is 18.2 Å². The number of aromatic nitrogens is 2. The minimum Gasteiger partial charge on any atom is -0.305 e. The van der Waals surface area contributed by atoms with Crippen molar-refractivity contribution in [3.8, 4) is 12.1 Å². The van der Waals surface area contributed by atoms with Gasteiger partial charge in [-0.15, -0.1) is 0 Å². The molecule has 0 spiro atoms. The first-order chi connectivity index (χ1) is 7.27. The molecular weight excluding hydrogens is 192 g/mol. The van der Waals surface area contributed by atoms with Crippen molar-refractivity contribution in [3.05, 3.63) is 40.9 Å². The van der Waals surface area contributed by atoms with Gasteiger partial charge in [0.1, 0.15) is 0 Å². The minimum absolute atomic E-state index is 0.302. The number of nitrogens with one attached hydrogen (secondary N) is 1. The van der Waals surface area contributed by atoms with Crippen LogP contribution in [0.2, 0.25) is 0 Å². The Hall–Kier alpha value is -2.66. The third-order valence-corrected chi connectivity index (χ3v) is 1.57. The first-order valence-corrected chi connectivity index (χ1v) is 4.00. The number of H-pyrrole nitrogens is 1. The smallest absolute Gasteiger partial charge is 0.305 e. The summed E-state index contributed by atoms with van der Waals surface area (Å²) in [6, 6.07) is 10.00. The molecule has 0 aliphatic heterocycles. The lowest BCUT2D eigenvalue weighted by Gasteiger charge is -1.92. The molecule has 1 aromatic carbocycles. The standard InChI is InChI=1S/C8H6N2O.C2N2/c11-8-9-5-6-3-1-2-4-7(6)10-8;3-1-2-4/h1-5H,(H,9,10,11);. The van der Waals surface area contributed by atoms with Crippen molar-refractivity contribution in [1.29, 1.82) is 10.5 Å². The van der Waals surface area contributed by atoms with E-state index in [9.17, 15) is 4.79 Å². The van der Waals surface area contributed by atoms with Crippen LogP contribution in [-0.2, 0) is 0 Å². The number of nitrogens with zero attached hydrogens (tertiary/aromatic N) is 3. The van der Waals surface area contributed by atoms with E-state index in [1.807, 2.05) is 24.3 Å². The molecular formula is C10H6N4O. The molecule has 0 bridgehead atoms. The van der Waals surface area contributed by atoms with E-state index in [2.05, 4.69) is 9.97 Å². The highest BCUT2D eigenvalue weighted by Crippen LogP contribution is 2.05. The second-order valence-electron chi connectivity index (χ2n) is 2.50. The topological polar surface area (TPSA) is 93.3 Å². The largest absolute Gasteiger partial charge is 0.345 e. The Morgan fingerprint density at radius 3 is 2.53 bits per heavy atom. The van der Waals surface area contributed by atoms with Crippen LogP contribution in [0.15, 0.2) is 35.3 Å². The molecule has 1 aromatic heterocycles. The van der Waals surface area contributed by atoms with Gasteiger partial charge in [0, 0.05) is 11.6 Å². The average Bonchev–Trinajstić information content (AvgIpc) is 2.29. The summed E-state index contributed by atoms with van der Waals surface area (Å²) in [6.07, 6.45) is 1.56. The number of benzene rings is 1. The second kappa shape index (κ2) is 5.15. The maximum atomic E-state index is 10.7. The van der Waals surface area contributed by atoms with E-state index < -0.39 is 0 Å². The third kappa shape index (κ3) is 2.94. The van der Waals surface area contributed by atoms with Crippen LogP contribution in [0.1, 0.15) is 0 Å². The van der Waals surface area contributed by atoms with Gasteiger partial charge in [-0.3, -0.25) is 0 Å². The van der Waals surface area contributed by atoms with Crippen molar-refractivity contribution in [1.82, 2.24) is 9.97 Å². The van der Waals surface area contributed by atoms with Crippen LogP contribution >= 0.6 is 0 Å². The van der Waals surface area contributed by atoms with Gasteiger partial charge in [0.05, 0.1) is 5.52 Å². The molecule has 0 unspecified atom stereocenters. The molecule has 0 amide bonds. The van der Waals surface area contributed by atoms with Crippen LogP contribution in [0.3, 0.4) is 0 Å². The van der Waals surface area contributed by atoms with Crippen molar-refractivity contribution in [2.75, 3.05) is 0 Å². The third-order valence-electron chi connectivity index (χ3n) is 1.57. The van der Waals surface area contributed by atoms with E-state index in [0.29, 0.717) is 0 Å². The highest BCUT2D eigenvalue weighted by atomic mass is 16.1. The molecule has 0 saturated heterocycles. The molecule has 0 radical (unpaired) electrons. The van der Waals surface area contributed by atoms with Crippen molar-refractivity contribution in [3.63, 3.8) is 0 Å². The van der Waals surface area contributed by atoms with Crippen LogP contribution in [0, 0.1) is 22.7 Å². The first kappa shape index (κ1) is 10.4. The monoisotopic (exact) mass is 198 g/mol. The fraction of sp³-hybridized carbons (Fsp3) is 0. The summed E-state index contributed by atoms with van der Waals surface area (Å²) in [5.74, 6) is 0. The number of para-hydroxylation sites is 1. The first-order valence-electron chi connectivity index (χ1n) is 4.00. The molecule has 0 saturated carbocycles. The lowest BCUT2D eigenvalue weighted by atomic mass is 10.2. The van der Waals surface area contributed by atoms with Gasteiger partial charge in [0.2, 0.25) is 0 Å². The summed E-state index contributed by atoms with van der Waals surface area (Å²) in [5, 5.41) is 15.5. The number of rotatable bonds is 0. The molecule has 1 heterocycles. The average molecular weight is 198 g/mol. The predicted molar refractivity (Wildman–Crippen MR) is 53.6 cm³/mol. The van der Waals surface area contributed by atoms with E-state index >= 15 is 0 Å². The minimum atomic E-state index is -0.302. The highest BCUT2D eigenvalue weighted by molar-refractivity contribution is 5.76. The Balaban J connectivity index is 0.000000245. The zero-order valence-electron chi connectivity index (χ0n) is 7.64. The van der Waals surface area contributed by atoms with Gasteiger partial charge in [0.15, 0.2) is 12.1 Å². The summed E-state index contributed by atoms with van der Waals surface area (Å²) < 4.78 is 0. The number of fused-ring (bicyclic) bond motifs is 1. The molecule has 5 heteroatoms. The molecule has 1 N–H and O–H groups in total. The lowest BCUT2D eigenvalue weighted by Crippen LogP contribution is -2.07. The van der Waals surface area contributed by atoms with E-state index in [4.69, 9.17) is 10.5 Å². The van der Waals surface area contributed by atoms with Gasteiger partial charge in [-0.05, 0) is 6.07 Å².